The molecule has 1 fully saturated rings. The molecule has 1 aromatic heterocycles. The minimum atomic E-state index is -0.548. The van der Waals surface area contributed by atoms with E-state index >= 15 is 0 Å². The van der Waals surface area contributed by atoms with Gasteiger partial charge in [0.2, 0.25) is 5.91 Å². The van der Waals surface area contributed by atoms with Crippen LogP contribution >= 0.6 is 11.3 Å². The van der Waals surface area contributed by atoms with E-state index in [1.807, 2.05) is 26.8 Å². The Morgan fingerprint density at radius 2 is 2.09 bits per heavy atom. The fourth-order valence-electron chi connectivity index (χ4n) is 2.70. The lowest BCUT2D eigenvalue weighted by molar-refractivity contribution is -0.135. The number of likely N-dealkylation sites (tertiary alicyclic amines) is 1. The highest BCUT2D eigenvalue weighted by molar-refractivity contribution is 7.11. The Morgan fingerprint density at radius 3 is 2.65 bits per heavy atom. The monoisotopic (exact) mass is 338 g/mol. The van der Waals surface area contributed by atoms with Gasteiger partial charge in [0.25, 0.3) is 0 Å². The number of ether oxygens (including phenoxy) is 1. The number of aryl methyl sites for hydroxylation is 1. The molecule has 2 amide bonds. The molecule has 1 saturated heterocycles. The second-order valence-corrected chi connectivity index (χ2v) is 8.41. The molecule has 1 aliphatic heterocycles. The van der Waals surface area contributed by atoms with Gasteiger partial charge in [-0.1, -0.05) is 0 Å². The third-order valence-electron chi connectivity index (χ3n) is 3.73. The van der Waals surface area contributed by atoms with Crippen LogP contribution in [0.25, 0.3) is 0 Å². The van der Waals surface area contributed by atoms with Gasteiger partial charge in [-0.05, 0) is 52.7 Å². The van der Waals surface area contributed by atoms with Crippen molar-refractivity contribution in [2.75, 3.05) is 13.6 Å². The molecule has 0 N–H and O–H groups in total. The molecule has 0 aromatic carbocycles. The van der Waals surface area contributed by atoms with Crippen molar-refractivity contribution in [3.8, 4) is 0 Å². The van der Waals surface area contributed by atoms with Crippen molar-refractivity contribution in [3.05, 3.63) is 21.9 Å². The van der Waals surface area contributed by atoms with Gasteiger partial charge in [-0.3, -0.25) is 9.69 Å². The second-order valence-electron chi connectivity index (χ2n) is 7.04. The first-order chi connectivity index (χ1) is 10.7. The zero-order valence-electron chi connectivity index (χ0n) is 14.6. The number of likely N-dealkylation sites (N-methyl/N-ethyl adjacent to an activating group) is 1. The van der Waals surface area contributed by atoms with Gasteiger partial charge in [-0.15, -0.1) is 11.3 Å². The molecule has 0 saturated carbocycles. The van der Waals surface area contributed by atoms with Crippen LogP contribution < -0.4 is 0 Å². The molecule has 2 rings (SSSR count). The molecule has 1 aliphatic rings. The van der Waals surface area contributed by atoms with Gasteiger partial charge in [0.05, 0.1) is 6.54 Å². The highest BCUT2D eigenvalue weighted by Gasteiger charge is 2.37. The maximum absolute atomic E-state index is 12.7. The number of carbonyl (C=O) groups is 2. The SMILES string of the molecule is Cc1ccc(CN(C)C(=O)C2CCCN2C(=O)OC(C)(C)C)s1. The minimum Gasteiger partial charge on any atom is -0.444 e. The lowest BCUT2D eigenvalue weighted by Gasteiger charge is -2.30. The zero-order valence-corrected chi connectivity index (χ0v) is 15.4. The van der Waals surface area contributed by atoms with Crippen LogP contribution in [0.5, 0.6) is 0 Å². The molecule has 2 heterocycles. The second kappa shape index (κ2) is 6.91. The number of thiophene rings is 1. The maximum Gasteiger partial charge on any atom is 0.410 e. The quantitative estimate of drug-likeness (QED) is 0.848. The number of nitrogens with zero attached hydrogens (tertiary/aromatic N) is 2. The molecule has 6 heteroatoms. The Hall–Kier alpha value is -1.56. The highest BCUT2D eigenvalue weighted by atomic mass is 32.1. The van der Waals surface area contributed by atoms with Crippen LogP contribution in [0.1, 0.15) is 43.4 Å². The molecule has 0 aliphatic carbocycles. The Morgan fingerprint density at radius 1 is 1.39 bits per heavy atom. The summed E-state index contributed by atoms with van der Waals surface area (Å²) in [4.78, 5) is 30.7. The fourth-order valence-corrected chi connectivity index (χ4v) is 3.64. The molecular formula is C17H26N2O3S. The third-order valence-corrected chi connectivity index (χ3v) is 4.72. The topological polar surface area (TPSA) is 49.9 Å². The van der Waals surface area contributed by atoms with E-state index in [9.17, 15) is 9.59 Å². The van der Waals surface area contributed by atoms with Crippen LogP contribution in [0.4, 0.5) is 4.79 Å². The summed E-state index contributed by atoms with van der Waals surface area (Å²) in [7, 11) is 1.79. The summed E-state index contributed by atoms with van der Waals surface area (Å²) in [6.45, 7) is 8.72. The molecule has 5 nitrogen and oxygen atoms in total. The number of rotatable bonds is 3. The molecule has 0 radical (unpaired) electrons. The van der Waals surface area contributed by atoms with Crippen molar-refractivity contribution in [1.82, 2.24) is 9.80 Å². The first kappa shape index (κ1) is 17.8. The molecule has 1 atom stereocenters. The van der Waals surface area contributed by atoms with Crippen molar-refractivity contribution >= 4 is 23.3 Å². The van der Waals surface area contributed by atoms with Crippen LogP contribution in [-0.4, -0.2) is 47.0 Å². The normalized spacial score (nSPS) is 18.1. The van der Waals surface area contributed by atoms with Gasteiger partial charge in [0, 0.05) is 23.3 Å². The summed E-state index contributed by atoms with van der Waals surface area (Å²) in [6.07, 6.45) is 1.14. The highest BCUT2D eigenvalue weighted by Crippen LogP contribution is 2.23. The van der Waals surface area contributed by atoms with E-state index in [1.54, 1.807) is 28.2 Å². The Kier molecular flexibility index (Phi) is 5.34. The van der Waals surface area contributed by atoms with E-state index in [4.69, 9.17) is 4.74 Å². The molecule has 1 unspecified atom stereocenters. The van der Waals surface area contributed by atoms with Crippen LogP contribution in [0.3, 0.4) is 0 Å². The smallest absolute Gasteiger partial charge is 0.410 e. The standard InChI is InChI=1S/C17H26N2O3S/c1-12-8-9-13(23-12)11-18(5)15(20)14-7-6-10-19(14)16(21)22-17(2,3)4/h8-9,14H,6-7,10-11H2,1-5H3. The molecular weight excluding hydrogens is 312 g/mol. The van der Waals surface area contributed by atoms with Crippen LogP contribution in [0.2, 0.25) is 0 Å². The Balaban J connectivity index is 2.00. The largest absolute Gasteiger partial charge is 0.444 e. The molecule has 128 valence electrons. The molecule has 1 aromatic rings. The first-order valence-electron chi connectivity index (χ1n) is 7.97. The number of carbonyl (C=O) groups excluding carboxylic acids is 2. The van der Waals surface area contributed by atoms with E-state index in [0.717, 1.165) is 11.3 Å². The van der Waals surface area contributed by atoms with E-state index in [2.05, 4.69) is 13.0 Å². The van der Waals surface area contributed by atoms with E-state index in [1.165, 1.54) is 4.88 Å². The van der Waals surface area contributed by atoms with Gasteiger partial charge >= 0.3 is 6.09 Å². The third kappa shape index (κ3) is 4.70. The average Bonchev–Trinajstić information content (AvgIpc) is 3.04. The lowest BCUT2D eigenvalue weighted by atomic mass is 10.2. The number of amides is 2. The first-order valence-corrected chi connectivity index (χ1v) is 8.79. The number of hydrogen-bond acceptors (Lipinski definition) is 4. The summed E-state index contributed by atoms with van der Waals surface area (Å²) < 4.78 is 5.42. The van der Waals surface area contributed by atoms with Crippen molar-refractivity contribution in [3.63, 3.8) is 0 Å². The van der Waals surface area contributed by atoms with Crippen molar-refractivity contribution in [2.45, 2.75) is 58.7 Å². The van der Waals surface area contributed by atoms with Crippen molar-refractivity contribution < 1.29 is 14.3 Å². The lowest BCUT2D eigenvalue weighted by Crippen LogP contribution is -2.47. The zero-order chi connectivity index (χ0) is 17.2. The summed E-state index contributed by atoms with van der Waals surface area (Å²) in [5.74, 6) is -0.0144. The van der Waals surface area contributed by atoms with Crippen LogP contribution in [0, 0.1) is 6.92 Å². The van der Waals surface area contributed by atoms with E-state index in [-0.39, 0.29) is 5.91 Å². The minimum absolute atomic E-state index is 0.0144. The van der Waals surface area contributed by atoms with Crippen molar-refractivity contribution in [1.29, 1.82) is 0 Å². The Labute approximate surface area is 142 Å². The fraction of sp³-hybridized carbons (Fsp3) is 0.647. The van der Waals surface area contributed by atoms with E-state index in [0.29, 0.717) is 19.5 Å². The van der Waals surface area contributed by atoms with E-state index < -0.39 is 17.7 Å². The summed E-state index contributed by atoms with van der Waals surface area (Å²) in [5, 5.41) is 0. The van der Waals surface area contributed by atoms with Gasteiger partial charge in [0.15, 0.2) is 0 Å². The predicted octanol–water partition coefficient (Wildman–Crippen LogP) is 3.41. The summed E-state index contributed by atoms with van der Waals surface area (Å²) in [6, 6.07) is 3.70. The molecule has 0 spiro atoms. The number of hydrogen-bond donors (Lipinski definition) is 0. The summed E-state index contributed by atoms with van der Waals surface area (Å²) >= 11 is 1.69. The predicted molar refractivity (Wildman–Crippen MR) is 91.5 cm³/mol. The maximum atomic E-state index is 12.7. The van der Waals surface area contributed by atoms with Gasteiger partial charge < -0.3 is 9.64 Å². The van der Waals surface area contributed by atoms with Gasteiger partial charge in [-0.25, -0.2) is 4.79 Å². The summed E-state index contributed by atoms with van der Waals surface area (Å²) in [5.41, 5.74) is -0.548. The van der Waals surface area contributed by atoms with Gasteiger partial charge in [-0.2, -0.15) is 0 Å². The molecule has 0 bridgehead atoms. The van der Waals surface area contributed by atoms with Crippen LogP contribution in [-0.2, 0) is 16.1 Å². The average molecular weight is 338 g/mol. The Bertz CT molecular complexity index is 577. The van der Waals surface area contributed by atoms with Gasteiger partial charge in [0.1, 0.15) is 11.6 Å². The van der Waals surface area contributed by atoms with Crippen molar-refractivity contribution in [2.24, 2.45) is 0 Å². The molecule has 23 heavy (non-hydrogen) atoms. The van der Waals surface area contributed by atoms with Crippen LogP contribution in [0.15, 0.2) is 12.1 Å².